The molecule has 0 amide bonds. The van der Waals surface area contributed by atoms with E-state index in [2.05, 4.69) is 19.2 Å². The SMILES string of the molecule is CC1CCCC(CCNC(C)Cc2ccc(F)cc2)C1. The molecule has 112 valence electrons. The predicted molar refractivity (Wildman–Crippen MR) is 83.3 cm³/mol. The van der Waals surface area contributed by atoms with Gasteiger partial charge in [-0.1, -0.05) is 38.3 Å². The first-order valence-electron chi connectivity index (χ1n) is 8.11. The van der Waals surface area contributed by atoms with Crippen LogP contribution in [0.3, 0.4) is 0 Å². The second-order valence-electron chi connectivity index (χ2n) is 6.61. The van der Waals surface area contributed by atoms with Gasteiger partial charge in [-0.3, -0.25) is 0 Å². The Labute approximate surface area is 123 Å². The molecule has 0 saturated heterocycles. The fraction of sp³-hybridized carbons (Fsp3) is 0.667. The molecule has 1 aromatic rings. The van der Waals surface area contributed by atoms with Gasteiger partial charge < -0.3 is 5.32 Å². The first-order valence-corrected chi connectivity index (χ1v) is 8.11. The van der Waals surface area contributed by atoms with E-state index in [1.54, 1.807) is 12.1 Å². The van der Waals surface area contributed by atoms with Crippen LogP contribution >= 0.6 is 0 Å². The van der Waals surface area contributed by atoms with Crippen molar-refractivity contribution in [2.45, 2.75) is 58.4 Å². The Hall–Kier alpha value is -0.890. The average Bonchev–Trinajstić information content (AvgIpc) is 2.41. The molecular weight excluding hydrogens is 249 g/mol. The molecule has 0 aromatic heterocycles. The van der Waals surface area contributed by atoms with Crippen LogP contribution in [0, 0.1) is 17.7 Å². The zero-order valence-electron chi connectivity index (χ0n) is 12.9. The molecule has 3 unspecified atom stereocenters. The number of nitrogens with one attached hydrogen (secondary N) is 1. The minimum Gasteiger partial charge on any atom is -0.314 e. The van der Waals surface area contributed by atoms with Gasteiger partial charge in [-0.2, -0.15) is 0 Å². The fourth-order valence-electron chi connectivity index (χ4n) is 3.40. The zero-order chi connectivity index (χ0) is 14.4. The molecular formula is C18H28FN. The summed E-state index contributed by atoms with van der Waals surface area (Å²) in [6.45, 7) is 5.71. The second-order valence-corrected chi connectivity index (χ2v) is 6.61. The zero-order valence-corrected chi connectivity index (χ0v) is 12.9. The van der Waals surface area contributed by atoms with E-state index < -0.39 is 0 Å². The maximum atomic E-state index is 12.8. The van der Waals surface area contributed by atoms with E-state index >= 15 is 0 Å². The Bertz CT molecular complexity index is 387. The summed E-state index contributed by atoms with van der Waals surface area (Å²) in [7, 11) is 0. The summed E-state index contributed by atoms with van der Waals surface area (Å²) in [4.78, 5) is 0. The molecule has 1 aliphatic rings. The van der Waals surface area contributed by atoms with E-state index in [1.807, 2.05) is 12.1 Å². The van der Waals surface area contributed by atoms with Crippen molar-refractivity contribution in [3.8, 4) is 0 Å². The van der Waals surface area contributed by atoms with Gasteiger partial charge >= 0.3 is 0 Å². The van der Waals surface area contributed by atoms with Gasteiger partial charge in [0.15, 0.2) is 0 Å². The molecule has 2 rings (SSSR count). The molecule has 0 radical (unpaired) electrons. The van der Waals surface area contributed by atoms with Crippen LogP contribution in [0.15, 0.2) is 24.3 Å². The Morgan fingerprint density at radius 2 is 2.00 bits per heavy atom. The molecule has 1 N–H and O–H groups in total. The lowest BCUT2D eigenvalue weighted by Gasteiger charge is -2.27. The number of benzene rings is 1. The number of halogens is 1. The highest BCUT2D eigenvalue weighted by Crippen LogP contribution is 2.30. The maximum absolute atomic E-state index is 12.8. The Morgan fingerprint density at radius 3 is 2.70 bits per heavy atom. The van der Waals surface area contributed by atoms with Crippen LogP contribution in [0.4, 0.5) is 4.39 Å². The Balaban J connectivity index is 1.64. The molecule has 0 bridgehead atoms. The number of hydrogen-bond acceptors (Lipinski definition) is 1. The third-order valence-corrected chi connectivity index (χ3v) is 4.55. The highest BCUT2D eigenvalue weighted by Gasteiger charge is 2.18. The lowest BCUT2D eigenvalue weighted by atomic mass is 9.81. The van der Waals surface area contributed by atoms with Crippen LogP contribution in [0.2, 0.25) is 0 Å². The third kappa shape index (κ3) is 5.24. The van der Waals surface area contributed by atoms with Crippen LogP contribution in [-0.2, 0) is 6.42 Å². The summed E-state index contributed by atoms with van der Waals surface area (Å²) in [5, 5.41) is 3.61. The molecule has 1 saturated carbocycles. The summed E-state index contributed by atoms with van der Waals surface area (Å²) in [5.74, 6) is 1.69. The Morgan fingerprint density at radius 1 is 1.25 bits per heavy atom. The quantitative estimate of drug-likeness (QED) is 0.803. The van der Waals surface area contributed by atoms with Gasteiger partial charge in [-0.25, -0.2) is 4.39 Å². The van der Waals surface area contributed by atoms with Crippen LogP contribution < -0.4 is 5.32 Å². The summed E-state index contributed by atoms with van der Waals surface area (Å²) < 4.78 is 12.8. The van der Waals surface area contributed by atoms with E-state index in [-0.39, 0.29) is 5.82 Å². The van der Waals surface area contributed by atoms with Gasteiger partial charge in [0, 0.05) is 6.04 Å². The number of hydrogen-bond donors (Lipinski definition) is 1. The molecule has 0 heterocycles. The van der Waals surface area contributed by atoms with Gasteiger partial charge in [-0.05, 0) is 62.3 Å². The minimum atomic E-state index is -0.152. The van der Waals surface area contributed by atoms with E-state index in [1.165, 1.54) is 37.7 Å². The molecule has 1 fully saturated rings. The minimum absolute atomic E-state index is 0.152. The highest BCUT2D eigenvalue weighted by atomic mass is 19.1. The van der Waals surface area contributed by atoms with Crippen molar-refractivity contribution in [2.75, 3.05) is 6.54 Å². The van der Waals surface area contributed by atoms with Gasteiger partial charge in [-0.15, -0.1) is 0 Å². The second kappa shape index (κ2) is 7.78. The monoisotopic (exact) mass is 277 g/mol. The van der Waals surface area contributed by atoms with Crippen LogP contribution in [0.5, 0.6) is 0 Å². The van der Waals surface area contributed by atoms with E-state index in [9.17, 15) is 4.39 Å². The van der Waals surface area contributed by atoms with Crippen molar-refractivity contribution in [3.63, 3.8) is 0 Å². The van der Waals surface area contributed by atoms with Gasteiger partial charge in [0.1, 0.15) is 5.82 Å². The molecule has 1 nitrogen and oxygen atoms in total. The standard InChI is InChI=1S/C18H28FN/c1-14-4-3-5-16(12-14)10-11-20-15(2)13-17-6-8-18(19)9-7-17/h6-9,14-16,20H,3-5,10-13H2,1-2H3. The lowest BCUT2D eigenvalue weighted by molar-refractivity contribution is 0.265. The van der Waals surface area contributed by atoms with Gasteiger partial charge in [0.2, 0.25) is 0 Å². The predicted octanol–water partition coefficient (Wildman–Crippen LogP) is 4.56. The van der Waals surface area contributed by atoms with Crippen LogP contribution in [0.25, 0.3) is 0 Å². The summed E-state index contributed by atoms with van der Waals surface area (Å²) in [6.07, 6.45) is 7.94. The topological polar surface area (TPSA) is 12.0 Å². The van der Waals surface area contributed by atoms with E-state index in [0.29, 0.717) is 6.04 Å². The van der Waals surface area contributed by atoms with Crippen molar-refractivity contribution in [1.82, 2.24) is 5.32 Å². The van der Waals surface area contributed by atoms with Gasteiger partial charge in [0.05, 0.1) is 0 Å². The largest absolute Gasteiger partial charge is 0.314 e. The van der Waals surface area contributed by atoms with Crippen LogP contribution in [0.1, 0.15) is 51.5 Å². The molecule has 20 heavy (non-hydrogen) atoms. The first-order chi connectivity index (χ1) is 9.63. The van der Waals surface area contributed by atoms with Gasteiger partial charge in [0.25, 0.3) is 0 Å². The highest BCUT2D eigenvalue weighted by molar-refractivity contribution is 5.16. The van der Waals surface area contributed by atoms with Crippen molar-refractivity contribution in [2.24, 2.45) is 11.8 Å². The molecule has 3 atom stereocenters. The summed E-state index contributed by atoms with van der Waals surface area (Å²) in [5.41, 5.74) is 1.21. The molecule has 2 heteroatoms. The number of rotatable bonds is 6. The normalized spacial score (nSPS) is 24.6. The Kier molecular flexibility index (Phi) is 6.03. The molecule has 0 aliphatic heterocycles. The van der Waals surface area contributed by atoms with Crippen molar-refractivity contribution in [3.05, 3.63) is 35.6 Å². The maximum Gasteiger partial charge on any atom is 0.123 e. The van der Waals surface area contributed by atoms with E-state index in [4.69, 9.17) is 0 Å². The molecule has 0 spiro atoms. The summed E-state index contributed by atoms with van der Waals surface area (Å²) in [6, 6.07) is 7.32. The smallest absolute Gasteiger partial charge is 0.123 e. The molecule has 1 aliphatic carbocycles. The first kappa shape index (κ1) is 15.5. The van der Waals surface area contributed by atoms with E-state index in [0.717, 1.165) is 24.8 Å². The van der Waals surface area contributed by atoms with Crippen molar-refractivity contribution >= 4 is 0 Å². The fourth-order valence-corrected chi connectivity index (χ4v) is 3.40. The summed E-state index contributed by atoms with van der Waals surface area (Å²) >= 11 is 0. The third-order valence-electron chi connectivity index (χ3n) is 4.55. The average molecular weight is 277 g/mol. The lowest BCUT2D eigenvalue weighted by Crippen LogP contribution is -2.30. The van der Waals surface area contributed by atoms with Crippen LogP contribution in [-0.4, -0.2) is 12.6 Å². The van der Waals surface area contributed by atoms with Crippen molar-refractivity contribution < 1.29 is 4.39 Å². The van der Waals surface area contributed by atoms with Crippen molar-refractivity contribution in [1.29, 1.82) is 0 Å². The molecule has 1 aromatic carbocycles.